The zero-order chi connectivity index (χ0) is 14.3. The predicted molar refractivity (Wildman–Crippen MR) is 70.4 cm³/mol. The normalized spacial score (nSPS) is 12.7. The van der Waals surface area contributed by atoms with Crippen molar-refractivity contribution in [3.05, 3.63) is 36.3 Å². The van der Waals surface area contributed by atoms with Gasteiger partial charge in [0.2, 0.25) is 0 Å². The van der Waals surface area contributed by atoms with E-state index in [-0.39, 0.29) is 5.48 Å². The molecule has 9 nitrogen and oxygen atoms in total. The minimum atomic E-state index is -4.92. The van der Waals surface area contributed by atoms with Crippen molar-refractivity contribution in [3.8, 4) is 0 Å². The van der Waals surface area contributed by atoms with Gasteiger partial charge in [0.1, 0.15) is 5.65 Å². The number of aromatic nitrogens is 2. The standard InChI is InChI=1S/C9H12N2O6P2.H2O/c12-18(13,14)9(19(15,16)17)5-7-6-10-8-3-1-2-4-11(7)8;/h1-4,6,9H,5H2,(H2,12,13,14)(H2,15,16,17);1H2. The van der Waals surface area contributed by atoms with Crippen molar-refractivity contribution in [1.82, 2.24) is 9.38 Å². The Bertz CT molecular complexity index is 666. The summed E-state index contributed by atoms with van der Waals surface area (Å²) >= 11 is 0. The third-order valence-electron chi connectivity index (χ3n) is 2.66. The summed E-state index contributed by atoms with van der Waals surface area (Å²) in [5, 5.41) is -2.06. The van der Waals surface area contributed by atoms with Gasteiger partial charge in [-0.2, -0.15) is 0 Å². The minimum absolute atomic E-state index is 0. The van der Waals surface area contributed by atoms with E-state index in [1.54, 1.807) is 24.4 Å². The molecular formula is C9H14N2O7P2. The lowest BCUT2D eigenvalue weighted by Crippen LogP contribution is -2.13. The van der Waals surface area contributed by atoms with Crippen LogP contribution in [-0.4, -0.2) is 39.8 Å². The number of hydrogen-bond acceptors (Lipinski definition) is 3. The first kappa shape index (κ1) is 17.0. The molecule has 0 unspecified atom stereocenters. The molecule has 0 atom stereocenters. The van der Waals surface area contributed by atoms with Crippen LogP contribution in [0, 0.1) is 0 Å². The molecule has 0 amide bonds. The summed E-state index contributed by atoms with van der Waals surface area (Å²) in [7, 11) is -9.84. The highest BCUT2D eigenvalue weighted by molar-refractivity contribution is 7.70. The first-order valence-corrected chi connectivity index (χ1v) is 8.57. The van der Waals surface area contributed by atoms with E-state index in [9.17, 15) is 9.13 Å². The van der Waals surface area contributed by atoms with Crippen LogP contribution >= 0.6 is 15.2 Å². The van der Waals surface area contributed by atoms with E-state index in [0.29, 0.717) is 11.3 Å². The van der Waals surface area contributed by atoms with Crippen LogP contribution < -0.4 is 0 Å². The van der Waals surface area contributed by atoms with Crippen molar-refractivity contribution in [2.75, 3.05) is 0 Å². The highest BCUT2D eigenvalue weighted by Gasteiger charge is 2.43. The Morgan fingerprint density at radius 3 is 2.30 bits per heavy atom. The van der Waals surface area contributed by atoms with E-state index >= 15 is 0 Å². The molecule has 6 N–H and O–H groups in total. The van der Waals surface area contributed by atoms with Crippen molar-refractivity contribution < 1.29 is 34.2 Å². The molecule has 2 aromatic rings. The molecule has 20 heavy (non-hydrogen) atoms. The van der Waals surface area contributed by atoms with E-state index < -0.39 is 27.0 Å². The third-order valence-corrected chi connectivity index (χ3v) is 6.39. The minimum Gasteiger partial charge on any atom is -0.412 e. The molecule has 0 aromatic carbocycles. The number of rotatable bonds is 4. The molecule has 2 rings (SSSR count). The Morgan fingerprint density at radius 2 is 1.75 bits per heavy atom. The summed E-state index contributed by atoms with van der Waals surface area (Å²) in [6.45, 7) is 0. The van der Waals surface area contributed by atoms with Crippen molar-refractivity contribution in [2.24, 2.45) is 0 Å². The van der Waals surface area contributed by atoms with Crippen LogP contribution in [0.4, 0.5) is 0 Å². The van der Waals surface area contributed by atoms with Crippen molar-refractivity contribution in [1.29, 1.82) is 0 Å². The van der Waals surface area contributed by atoms with Gasteiger partial charge in [0, 0.05) is 24.5 Å². The zero-order valence-electron chi connectivity index (χ0n) is 10.1. The van der Waals surface area contributed by atoms with Crippen LogP contribution in [0.5, 0.6) is 0 Å². The summed E-state index contributed by atoms with van der Waals surface area (Å²) in [5.74, 6) is 0. The molecule has 0 saturated carbocycles. The fourth-order valence-electron chi connectivity index (χ4n) is 1.76. The van der Waals surface area contributed by atoms with Crippen LogP contribution in [0.15, 0.2) is 30.6 Å². The Kier molecular flexibility index (Phi) is 4.89. The highest BCUT2D eigenvalue weighted by atomic mass is 31.2. The molecule has 0 fully saturated rings. The lowest BCUT2D eigenvalue weighted by atomic mass is 10.3. The largest absolute Gasteiger partial charge is 0.412 e. The zero-order valence-corrected chi connectivity index (χ0v) is 11.9. The van der Waals surface area contributed by atoms with Crippen LogP contribution in [0.25, 0.3) is 5.65 Å². The lowest BCUT2D eigenvalue weighted by molar-refractivity contribution is 0.337. The average Bonchev–Trinajstić information content (AvgIpc) is 2.66. The van der Waals surface area contributed by atoms with Crippen LogP contribution in [0.3, 0.4) is 0 Å². The molecule has 2 heterocycles. The van der Waals surface area contributed by atoms with Gasteiger partial charge in [-0.05, 0) is 12.1 Å². The number of nitrogens with zero attached hydrogens (tertiary/aromatic N) is 2. The molecule has 0 saturated heterocycles. The first-order valence-electron chi connectivity index (χ1n) is 5.21. The van der Waals surface area contributed by atoms with Gasteiger partial charge in [0.25, 0.3) is 0 Å². The maximum absolute atomic E-state index is 11.2. The smallest absolute Gasteiger partial charge is 0.341 e. The van der Waals surface area contributed by atoms with E-state index in [0.717, 1.165) is 0 Å². The maximum atomic E-state index is 11.2. The summed E-state index contributed by atoms with van der Waals surface area (Å²) in [4.78, 5) is 40.3. The third kappa shape index (κ3) is 3.53. The molecule has 0 aliphatic rings. The lowest BCUT2D eigenvalue weighted by Gasteiger charge is -2.19. The molecule has 0 spiro atoms. The molecule has 0 radical (unpaired) electrons. The first-order chi connectivity index (χ1) is 8.69. The van der Waals surface area contributed by atoms with Crippen LogP contribution in [-0.2, 0) is 15.6 Å². The van der Waals surface area contributed by atoms with Crippen molar-refractivity contribution >= 4 is 20.8 Å². The van der Waals surface area contributed by atoms with Gasteiger partial charge in [-0.3, -0.25) is 9.13 Å². The number of hydrogen-bond donors (Lipinski definition) is 4. The van der Waals surface area contributed by atoms with E-state index in [1.165, 1.54) is 10.6 Å². The molecular weight excluding hydrogens is 310 g/mol. The molecule has 0 aliphatic carbocycles. The van der Waals surface area contributed by atoms with Gasteiger partial charge in [-0.25, -0.2) is 4.98 Å². The second kappa shape index (κ2) is 5.75. The number of fused-ring (bicyclic) bond motifs is 1. The summed E-state index contributed by atoms with van der Waals surface area (Å²) in [5.41, 5.74) is 0.861. The SMILES string of the molecule is O.O=P(O)(O)C(Cc1cnc2ccccn12)P(=O)(O)O. The highest BCUT2D eigenvalue weighted by Crippen LogP contribution is 2.60. The van der Waals surface area contributed by atoms with Gasteiger partial charge in [0.05, 0.1) is 0 Å². The molecule has 2 aromatic heterocycles. The van der Waals surface area contributed by atoms with Crippen molar-refractivity contribution in [3.63, 3.8) is 0 Å². The number of pyridine rings is 1. The van der Waals surface area contributed by atoms with Gasteiger partial charge in [-0.1, -0.05) is 6.07 Å². The fourth-order valence-corrected chi connectivity index (χ4v) is 4.17. The Labute approximate surface area is 113 Å². The molecule has 0 aliphatic heterocycles. The summed E-state index contributed by atoms with van der Waals surface area (Å²) in [6.07, 6.45) is 2.49. The predicted octanol–water partition coefficient (Wildman–Crippen LogP) is -0.266. The second-order valence-corrected chi connectivity index (χ2v) is 8.05. The quantitative estimate of drug-likeness (QED) is 0.562. The average molecular weight is 324 g/mol. The summed E-state index contributed by atoms with van der Waals surface area (Å²) < 4.78 is 24.0. The Balaban J connectivity index is 0.00000200. The Morgan fingerprint density at radius 1 is 1.15 bits per heavy atom. The summed E-state index contributed by atoms with van der Waals surface area (Å²) in [6, 6.07) is 5.09. The second-order valence-electron chi connectivity index (χ2n) is 4.04. The van der Waals surface area contributed by atoms with E-state index in [2.05, 4.69) is 4.98 Å². The van der Waals surface area contributed by atoms with Gasteiger partial charge in [0.15, 0.2) is 5.40 Å². The fraction of sp³-hybridized carbons (Fsp3) is 0.222. The monoisotopic (exact) mass is 324 g/mol. The van der Waals surface area contributed by atoms with E-state index in [4.69, 9.17) is 19.6 Å². The Hall–Kier alpha value is -1.05. The van der Waals surface area contributed by atoms with Gasteiger partial charge < -0.3 is 29.5 Å². The van der Waals surface area contributed by atoms with Gasteiger partial charge in [-0.15, -0.1) is 0 Å². The van der Waals surface area contributed by atoms with Crippen LogP contribution in [0.1, 0.15) is 5.69 Å². The van der Waals surface area contributed by atoms with E-state index in [1.807, 2.05) is 0 Å². The molecule has 112 valence electrons. The van der Waals surface area contributed by atoms with Gasteiger partial charge >= 0.3 is 15.2 Å². The maximum Gasteiger partial charge on any atom is 0.341 e. The topological polar surface area (TPSA) is 164 Å². The van der Waals surface area contributed by atoms with Crippen LogP contribution in [0.2, 0.25) is 0 Å². The number of imidazole rings is 1. The van der Waals surface area contributed by atoms with Crippen molar-refractivity contribution in [2.45, 2.75) is 11.8 Å². The molecule has 11 heteroatoms. The molecule has 0 bridgehead atoms.